The van der Waals surface area contributed by atoms with Crippen molar-refractivity contribution in [2.75, 3.05) is 39.6 Å². The van der Waals surface area contributed by atoms with Crippen LogP contribution in [0.5, 0.6) is 11.5 Å². The average Bonchev–Trinajstić information content (AvgIpc) is 3.55. The first-order valence-corrected chi connectivity index (χ1v) is 11.6. The predicted octanol–water partition coefficient (Wildman–Crippen LogP) is 1.60. The van der Waals surface area contributed by atoms with Gasteiger partial charge in [0.25, 0.3) is 5.91 Å². The Balaban J connectivity index is 1.15. The molecule has 5 rings (SSSR count). The third kappa shape index (κ3) is 5.36. The van der Waals surface area contributed by atoms with E-state index >= 15 is 0 Å². The number of nitrogens with zero attached hydrogens (tertiary/aromatic N) is 6. The van der Waals surface area contributed by atoms with Crippen molar-refractivity contribution < 1.29 is 23.8 Å². The van der Waals surface area contributed by atoms with Crippen molar-refractivity contribution in [3.8, 4) is 11.5 Å². The summed E-state index contributed by atoms with van der Waals surface area (Å²) in [4.78, 5) is 29.7. The largest absolute Gasteiger partial charge is 0.454 e. The Morgan fingerprint density at radius 3 is 2.56 bits per heavy atom. The number of piperazine rings is 1. The smallest absolute Gasteiger partial charge is 0.357 e. The lowest BCUT2D eigenvalue weighted by atomic mass is 10.1. The van der Waals surface area contributed by atoms with Crippen molar-refractivity contribution in [3.05, 3.63) is 65.5 Å². The first-order valence-electron chi connectivity index (χ1n) is 11.6. The Morgan fingerprint density at radius 1 is 1.03 bits per heavy atom. The third-order valence-electron chi connectivity index (χ3n) is 6.06. The molecular weight excluding hydrogens is 464 g/mol. The van der Waals surface area contributed by atoms with Crippen LogP contribution in [0.25, 0.3) is 11.8 Å². The molecule has 2 aliphatic rings. The van der Waals surface area contributed by atoms with Crippen LogP contribution in [0.2, 0.25) is 0 Å². The molecule has 0 radical (unpaired) electrons. The number of ether oxygens (including phenoxy) is 3. The lowest BCUT2D eigenvalue weighted by molar-refractivity contribution is -0.148. The van der Waals surface area contributed by atoms with Gasteiger partial charge >= 0.3 is 5.97 Å². The highest BCUT2D eigenvalue weighted by atomic mass is 16.7. The number of aromatic nitrogens is 4. The molecule has 0 atom stereocenters. The fourth-order valence-corrected chi connectivity index (χ4v) is 4.11. The standard InChI is InChI=1S/C25H26N6O5/c1-18-26-27-28-31(18)21(13-19-5-3-2-4-6-19)25(33)34-16-24(32)30-11-9-29(10-12-30)15-20-7-8-22-23(14-20)36-17-35-22/h2-8,13-14H,9-12,15-17H2,1H3/b21-13-. The Labute approximate surface area is 207 Å². The van der Waals surface area contributed by atoms with Crippen molar-refractivity contribution in [1.29, 1.82) is 0 Å². The number of tetrazole rings is 1. The average molecular weight is 491 g/mol. The molecule has 36 heavy (non-hydrogen) atoms. The Kier molecular flexibility index (Phi) is 6.89. The van der Waals surface area contributed by atoms with Crippen LogP contribution in [0.1, 0.15) is 17.0 Å². The lowest BCUT2D eigenvalue weighted by Gasteiger charge is -2.34. The highest BCUT2D eigenvalue weighted by Crippen LogP contribution is 2.32. The molecule has 1 aromatic heterocycles. The maximum Gasteiger partial charge on any atom is 0.357 e. The van der Waals surface area contributed by atoms with Crippen molar-refractivity contribution in [1.82, 2.24) is 30.0 Å². The molecule has 0 bridgehead atoms. The van der Waals surface area contributed by atoms with Gasteiger partial charge in [-0.3, -0.25) is 9.69 Å². The molecule has 1 saturated heterocycles. The molecule has 0 spiro atoms. The number of fused-ring (bicyclic) bond motifs is 1. The number of carbonyl (C=O) groups is 2. The maximum absolute atomic E-state index is 12.9. The normalized spacial score (nSPS) is 15.7. The van der Waals surface area contributed by atoms with Gasteiger partial charge in [-0.2, -0.15) is 4.68 Å². The van der Waals surface area contributed by atoms with Gasteiger partial charge < -0.3 is 19.1 Å². The molecule has 0 saturated carbocycles. The number of benzene rings is 2. The van der Waals surface area contributed by atoms with Crippen molar-refractivity contribution in [3.63, 3.8) is 0 Å². The van der Waals surface area contributed by atoms with Gasteiger partial charge in [-0.15, -0.1) is 5.10 Å². The van der Waals surface area contributed by atoms with Crippen molar-refractivity contribution >= 4 is 23.6 Å². The van der Waals surface area contributed by atoms with Crippen LogP contribution in [-0.2, 0) is 20.9 Å². The van der Waals surface area contributed by atoms with Gasteiger partial charge in [-0.1, -0.05) is 36.4 Å². The van der Waals surface area contributed by atoms with E-state index in [1.54, 1.807) is 17.9 Å². The molecule has 0 N–H and O–H groups in total. The van der Waals surface area contributed by atoms with E-state index in [2.05, 4.69) is 20.4 Å². The van der Waals surface area contributed by atoms with Gasteiger partial charge in [-0.05, 0) is 46.7 Å². The molecule has 0 unspecified atom stereocenters. The van der Waals surface area contributed by atoms with Crippen LogP contribution < -0.4 is 9.47 Å². The highest BCUT2D eigenvalue weighted by molar-refractivity contribution is 6.15. The van der Waals surface area contributed by atoms with E-state index in [9.17, 15) is 9.59 Å². The number of rotatable bonds is 7. The summed E-state index contributed by atoms with van der Waals surface area (Å²) in [5.41, 5.74) is 2.04. The van der Waals surface area contributed by atoms with E-state index in [4.69, 9.17) is 14.2 Å². The summed E-state index contributed by atoms with van der Waals surface area (Å²) < 4.78 is 17.5. The van der Waals surface area contributed by atoms with Crippen LogP contribution in [0.15, 0.2) is 48.5 Å². The molecular formula is C25H26N6O5. The molecule has 3 heterocycles. The summed E-state index contributed by atoms with van der Waals surface area (Å²) >= 11 is 0. The molecule has 11 nitrogen and oxygen atoms in total. The zero-order chi connectivity index (χ0) is 24.9. The minimum absolute atomic E-state index is 0.130. The summed E-state index contributed by atoms with van der Waals surface area (Å²) in [6.45, 7) is 4.89. The molecule has 2 aliphatic heterocycles. The second-order valence-electron chi connectivity index (χ2n) is 8.50. The van der Waals surface area contributed by atoms with Crippen LogP contribution in [0.4, 0.5) is 0 Å². The molecule has 1 fully saturated rings. The van der Waals surface area contributed by atoms with Crippen LogP contribution in [-0.4, -0.2) is 81.5 Å². The highest BCUT2D eigenvalue weighted by Gasteiger charge is 2.24. The molecule has 0 aliphatic carbocycles. The summed E-state index contributed by atoms with van der Waals surface area (Å²) in [7, 11) is 0. The lowest BCUT2D eigenvalue weighted by Crippen LogP contribution is -2.49. The number of aryl methyl sites for hydroxylation is 1. The zero-order valence-corrected chi connectivity index (χ0v) is 19.9. The minimum atomic E-state index is -0.677. The summed E-state index contributed by atoms with van der Waals surface area (Å²) in [6, 6.07) is 15.2. The molecule has 186 valence electrons. The second-order valence-corrected chi connectivity index (χ2v) is 8.50. The first kappa shape index (κ1) is 23.5. The molecule has 1 amide bonds. The van der Waals surface area contributed by atoms with Gasteiger partial charge in [0.15, 0.2) is 29.6 Å². The second kappa shape index (κ2) is 10.6. The Bertz CT molecular complexity index is 1270. The van der Waals surface area contributed by atoms with Crippen molar-refractivity contribution in [2.45, 2.75) is 13.5 Å². The van der Waals surface area contributed by atoms with E-state index in [0.29, 0.717) is 18.9 Å². The molecule has 3 aromatic rings. The van der Waals surface area contributed by atoms with Gasteiger partial charge in [-0.25, -0.2) is 4.79 Å². The summed E-state index contributed by atoms with van der Waals surface area (Å²) in [5, 5.41) is 11.3. The van der Waals surface area contributed by atoms with Gasteiger partial charge in [0, 0.05) is 32.7 Å². The Morgan fingerprint density at radius 2 is 1.81 bits per heavy atom. The Hall–Kier alpha value is -4.25. The number of carbonyl (C=O) groups excluding carboxylic acids is 2. The van der Waals surface area contributed by atoms with Crippen molar-refractivity contribution in [2.24, 2.45) is 0 Å². The predicted molar refractivity (Wildman–Crippen MR) is 129 cm³/mol. The number of amides is 1. The maximum atomic E-state index is 12.9. The topological polar surface area (TPSA) is 112 Å². The molecule has 2 aromatic carbocycles. The quantitative estimate of drug-likeness (QED) is 0.360. The number of esters is 1. The minimum Gasteiger partial charge on any atom is -0.454 e. The third-order valence-corrected chi connectivity index (χ3v) is 6.06. The zero-order valence-electron chi connectivity index (χ0n) is 19.9. The number of hydrogen-bond acceptors (Lipinski definition) is 9. The van der Waals surface area contributed by atoms with Gasteiger partial charge in [0.05, 0.1) is 0 Å². The summed E-state index contributed by atoms with van der Waals surface area (Å²) in [6.07, 6.45) is 1.63. The van der Waals surface area contributed by atoms with Crippen LogP contribution >= 0.6 is 0 Å². The fraction of sp³-hybridized carbons (Fsp3) is 0.320. The van der Waals surface area contributed by atoms with Crippen LogP contribution in [0.3, 0.4) is 0 Å². The number of hydrogen-bond donors (Lipinski definition) is 0. The SMILES string of the molecule is Cc1nnnn1/C(=C\c1ccccc1)C(=O)OCC(=O)N1CCN(Cc2ccc3c(c2)OCO3)CC1. The fourth-order valence-electron chi connectivity index (χ4n) is 4.11. The molecule has 11 heteroatoms. The van der Waals surface area contributed by atoms with E-state index < -0.39 is 5.97 Å². The van der Waals surface area contributed by atoms with E-state index in [0.717, 1.165) is 42.3 Å². The van der Waals surface area contributed by atoms with E-state index in [-0.39, 0.29) is 25.0 Å². The monoisotopic (exact) mass is 490 g/mol. The van der Waals surface area contributed by atoms with Crippen LogP contribution in [0, 0.1) is 6.92 Å². The van der Waals surface area contributed by atoms with Gasteiger partial charge in [0.1, 0.15) is 0 Å². The van der Waals surface area contributed by atoms with E-state index in [1.807, 2.05) is 48.5 Å². The summed E-state index contributed by atoms with van der Waals surface area (Å²) in [5.74, 6) is 1.04. The van der Waals surface area contributed by atoms with E-state index in [1.165, 1.54) is 4.68 Å². The van der Waals surface area contributed by atoms with Gasteiger partial charge in [0.2, 0.25) is 6.79 Å². The first-order chi connectivity index (χ1) is 17.6.